The van der Waals surface area contributed by atoms with E-state index in [2.05, 4.69) is 23.6 Å². The summed E-state index contributed by atoms with van der Waals surface area (Å²) in [5.74, 6) is 0.199. The van der Waals surface area contributed by atoms with Crippen LogP contribution in [0.2, 0.25) is 0 Å². The second kappa shape index (κ2) is 7.29. The number of hydrogen-bond acceptors (Lipinski definition) is 3. The van der Waals surface area contributed by atoms with Crippen LogP contribution in [0, 0.1) is 0 Å². The summed E-state index contributed by atoms with van der Waals surface area (Å²) in [6.45, 7) is 4.62. The third-order valence-corrected chi connectivity index (χ3v) is 3.61. The number of Topliss-reactive ketones (excluding diaryl/α,β-unsaturated/α-hetero) is 1. The number of carbonyl (C=O) groups is 1. The zero-order valence-corrected chi connectivity index (χ0v) is 11.8. The molecule has 0 saturated heterocycles. The summed E-state index contributed by atoms with van der Waals surface area (Å²) in [7, 11) is 0. The Labute approximate surface area is 115 Å². The van der Waals surface area contributed by atoms with Crippen molar-refractivity contribution in [3.8, 4) is 0 Å². The number of ketones is 1. The van der Waals surface area contributed by atoms with E-state index < -0.39 is 0 Å². The van der Waals surface area contributed by atoms with E-state index in [1.54, 1.807) is 0 Å². The number of anilines is 1. The highest BCUT2D eigenvalue weighted by Gasteiger charge is 2.12. The molecule has 19 heavy (non-hydrogen) atoms. The molecular formula is C16H24N2O. The van der Waals surface area contributed by atoms with Crippen LogP contribution >= 0.6 is 0 Å². The molecule has 0 radical (unpaired) electrons. The first-order valence-electron chi connectivity index (χ1n) is 7.42. The van der Waals surface area contributed by atoms with Crippen LogP contribution in [0.5, 0.6) is 0 Å². The van der Waals surface area contributed by atoms with Crippen molar-refractivity contribution in [1.82, 2.24) is 5.32 Å². The zero-order valence-electron chi connectivity index (χ0n) is 11.8. The van der Waals surface area contributed by atoms with E-state index in [1.165, 1.54) is 24.1 Å². The first-order valence-corrected chi connectivity index (χ1v) is 7.42. The van der Waals surface area contributed by atoms with Crippen LogP contribution in [0.25, 0.3) is 0 Å². The van der Waals surface area contributed by atoms with Gasteiger partial charge in [0.15, 0.2) is 5.78 Å². The van der Waals surface area contributed by atoms with Crippen LogP contribution in [0.4, 0.5) is 5.69 Å². The van der Waals surface area contributed by atoms with Gasteiger partial charge in [0.1, 0.15) is 0 Å². The third-order valence-electron chi connectivity index (χ3n) is 3.61. The predicted octanol–water partition coefficient (Wildman–Crippen LogP) is 3.01. The predicted molar refractivity (Wildman–Crippen MR) is 80.0 cm³/mol. The van der Waals surface area contributed by atoms with Crippen molar-refractivity contribution in [1.29, 1.82) is 0 Å². The number of nitrogens with one attached hydrogen (secondary N) is 2. The second-order valence-corrected chi connectivity index (χ2v) is 5.21. The van der Waals surface area contributed by atoms with Crippen LogP contribution in [-0.4, -0.2) is 25.4 Å². The highest BCUT2D eigenvalue weighted by Crippen LogP contribution is 2.22. The standard InChI is InChI=1S/C16H24N2O/c1-2-3-4-9-17-12-16(19)14-7-8-15-13(11-14)6-5-10-18-15/h7-8,11,17-18H,2-6,9-10,12H2,1H3. The maximum Gasteiger partial charge on any atom is 0.176 e. The van der Waals surface area contributed by atoms with Gasteiger partial charge in [-0.1, -0.05) is 19.8 Å². The summed E-state index contributed by atoms with van der Waals surface area (Å²) in [5, 5.41) is 6.60. The van der Waals surface area contributed by atoms with Crippen LogP contribution < -0.4 is 10.6 Å². The van der Waals surface area contributed by atoms with E-state index in [0.29, 0.717) is 6.54 Å². The molecule has 2 rings (SSSR count). The van der Waals surface area contributed by atoms with Gasteiger partial charge in [0, 0.05) is 17.8 Å². The lowest BCUT2D eigenvalue weighted by atomic mass is 9.99. The number of benzene rings is 1. The summed E-state index contributed by atoms with van der Waals surface area (Å²) in [6, 6.07) is 6.03. The van der Waals surface area contributed by atoms with Crippen molar-refractivity contribution >= 4 is 11.5 Å². The van der Waals surface area contributed by atoms with Crippen molar-refractivity contribution in [2.45, 2.75) is 39.0 Å². The van der Waals surface area contributed by atoms with Crippen LogP contribution in [0.3, 0.4) is 0 Å². The highest BCUT2D eigenvalue weighted by molar-refractivity contribution is 5.98. The molecule has 0 aromatic heterocycles. The molecule has 0 fully saturated rings. The Morgan fingerprint density at radius 1 is 1.37 bits per heavy atom. The molecule has 1 aromatic rings. The average molecular weight is 260 g/mol. The largest absolute Gasteiger partial charge is 0.385 e. The molecule has 104 valence electrons. The Balaban J connectivity index is 1.85. The SMILES string of the molecule is CCCCCNCC(=O)c1ccc2c(c1)CCCN2. The number of carbonyl (C=O) groups excluding carboxylic acids is 1. The number of aryl methyl sites for hydroxylation is 1. The maximum absolute atomic E-state index is 12.1. The number of unbranched alkanes of at least 4 members (excludes halogenated alkanes) is 2. The molecule has 0 saturated carbocycles. The molecule has 0 atom stereocenters. The summed E-state index contributed by atoms with van der Waals surface area (Å²) in [4.78, 5) is 12.1. The van der Waals surface area contributed by atoms with Crippen molar-refractivity contribution in [3.05, 3.63) is 29.3 Å². The number of hydrogen-bond donors (Lipinski definition) is 2. The third kappa shape index (κ3) is 4.06. The van der Waals surface area contributed by atoms with Gasteiger partial charge in [-0.3, -0.25) is 4.79 Å². The van der Waals surface area contributed by atoms with Gasteiger partial charge in [0.2, 0.25) is 0 Å². The fraction of sp³-hybridized carbons (Fsp3) is 0.562. The van der Waals surface area contributed by atoms with Crippen molar-refractivity contribution in [2.24, 2.45) is 0 Å². The van der Waals surface area contributed by atoms with E-state index in [-0.39, 0.29) is 5.78 Å². The Hall–Kier alpha value is -1.35. The highest BCUT2D eigenvalue weighted by atomic mass is 16.1. The normalized spacial score (nSPS) is 13.7. The van der Waals surface area contributed by atoms with Crippen molar-refractivity contribution < 1.29 is 4.79 Å². The van der Waals surface area contributed by atoms with Gasteiger partial charge >= 0.3 is 0 Å². The van der Waals surface area contributed by atoms with Crippen LogP contribution in [0.1, 0.15) is 48.5 Å². The molecular weight excluding hydrogens is 236 g/mol. The van der Waals surface area contributed by atoms with Gasteiger partial charge in [-0.2, -0.15) is 0 Å². The number of fused-ring (bicyclic) bond motifs is 1. The minimum Gasteiger partial charge on any atom is -0.385 e. The van der Waals surface area contributed by atoms with Gasteiger partial charge in [-0.25, -0.2) is 0 Å². The summed E-state index contributed by atoms with van der Waals surface area (Å²) < 4.78 is 0. The van der Waals surface area contributed by atoms with Gasteiger partial charge in [0.25, 0.3) is 0 Å². The molecule has 0 aliphatic carbocycles. The van der Waals surface area contributed by atoms with E-state index in [9.17, 15) is 4.79 Å². The fourth-order valence-electron chi connectivity index (χ4n) is 2.45. The molecule has 0 amide bonds. The van der Waals surface area contributed by atoms with Crippen LogP contribution in [0.15, 0.2) is 18.2 Å². The first kappa shape index (κ1) is 14.1. The Bertz CT molecular complexity index is 429. The van der Waals surface area contributed by atoms with E-state index in [1.807, 2.05) is 12.1 Å². The minimum absolute atomic E-state index is 0.199. The Morgan fingerprint density at radius 3 is 3.11 bits per heavy atom. The maximum atomic E-state index is 12.1. The van der Waals surface area contributed by atoms with Gasteiger partial charge in [-0.15, -0.1) is 0 Å². The van der Waals surface area contributed by atoms with Gasteiger partial charge < -0.3 is 10.6 Å². The molecule has 0 spiro atoms. The minimum atomic E-state index is 0.199. The zero-order chi connectivity index (χ0) is 13.5. The summed E-state index contributed by atoms with van der Waals surface area (Å²) in [5.41, 5.74) is 3.31. The lowest BCUT2D eigenvalue weighted by Crippen LogP contribution is -2.24. The van der Waals surface area contributed by atoms with Gasteiger partial charge in [0.05, 0.1) is 6.54 Å². The lowest BCUT2D eigenvalue weighted by Gasteiger charge is -2.18. The average Bonchev–Trinajstić information content (AvgIpc) is 2.46. The first-order chi connectivity index (χ1) is 9.31. The van der Waals surface area contributed by atoms with E-state index in [4.69, 9.17) is 0 Å². The molecule has 1 aliphatic rings. The quantitative estimate of drug-likeness (QED) is 0.585. The Morgan fingerprint density at radius 2 is 2.26 bits per heavy atom. The topological polar surface area (TPSA) is 41.1 Å². The molecule has 1 aliphatic heterocycles. The molecule has 1 heterocycles. The Kier molecular flexibility index (Phi) is 5.40. The van der Waals surface area contributed by atoms with E-state index >= 15 is 0 Å². The molecule has 2 N–H and O–H groups in total. The van der Waals surface area contributed by atoms with Crippen molar-refractivity contribution in [2.75, 3.05) is 25.0 Å². The molecule has 3 heteroatoms. The number of rotatable bonds is 7. The fourth-order valence-corrected chi connectivity index (χ4v) is 2.45. The summed E-state index contributed by atoms with van der Waals surface area (Å²) >= 11 is 0. The molecule has 0 bridgehead atoms. The smallest absolute Gasteiger partial charge is 0.176 e. The second-order valence-electron chi connectivity index (χ2n) is 5.21. The van der Waals surface area contributed by atoms with Crippen LogP contribution in [-0.2, 0) is 6.42 Å². The monoisotopic (exact) mass is 260 g/mol. The lowest BCUT2D eigenvalue weighted by molar-refractivity contribution is 0.0991. The van der Waals surface area contributed by atoms with Crippen molar-refractivity contribution in [3.63, 3.8) is 0 Å². The summed E-state index contributed by atoms with van der Waals surface area (Å²) in [6.07, 6.45) is 5.82. The van der Waals surface area contributed by atoms with Gasteiger partial charge in [-0.05, 0) is 49.6 Å². The molecule has 3 nitrogen and oxygen atoms in total. The molecule has 1 aromatic carbocycles. The van der Waals surface area contributed by atoms with E-state index in [0.717, 1.165) is 37.9 Å². The molecule has 0 unspecified atom stereocenters.